The molecule has 2 atom stereocenters. The first-order chi connectivity index (χ1) is 8.59. The van der Waals surface area contributed by atoms with E-state index in [4.69, 9.17) is 9.47 Å². The molecule has 1 saturated carbocycles. The van der Waals surface area contributed by atoms with Crippen molar-refractivity contribution in [2.75, 3.05) is 14.2 Å². The molecule has 0 radical (unpaired) electrons. The molecular formula is C15H22O3. The van der Waals surface area contributed by atoms with Crippen molar-refractivity contribution in [3.8, 4) is 11.5 Å². The van der Waals surface area contributed by atoms with E-state index in [1.54, 1.807) is 14.2 Å². The van der Waals surface area contributed by atoms with Gasteiger partial charge in [0.05, 0.1) is 19.8 Å². The van der Waals surface area contributed by atoms with Crippen LogP contribution >= 0.6 is 0 Å². The summed E-state index contributed by atoms with van der Waals surface area (Å²) < 4.78 is 10.5. The van der Waals surface area contributed by atoms with Gasteiger partial charge in [-0.2, -0.15) is 0 Å². The molecule has 0 amide bonds. The zero-order valence-corrected chi connectivity index (χ0v) is 11.4. The Morgan fingerprint density at radius 3 is 2.56 bits per heavy atom. The fourth-order valence-electron chi connectivity index (χ4n) is 2.91. The average Bonchev–Trinajstić information content (AvgIpc) is 2.37. The van der Waals surface area contributed by atoms with Gasteiger partial charge in [0.15, 0.2) is 11.5 Å². The summed E-state index contributed by atoms with van der Waals surface area (Å²) in [5, 5.41) is 10.8. The maximum absolute atomic E-state index is 10.8. The molecule has 1 aliphatic carbocycles. The summed E-state index contributed by atoms with van der Waals surface area (Å²) in [5.41, 5.74) is 0.226. The lowest BCUT2D eigenvalue weighted by molar-refractivity contribution is -0.0180. The molecule has 1 aliphatic rings. The Labute approximate surface area is 109 Å². The van der Waals surface area contributed by atoms with Crippen molar-refractivity contribution in [2.45, 2.75) is 38.2 Å². The van der Waals surface area contributed by atoms with Crippen molar-refractivity contribution >= 4 is 0 Å². The molecule has 0 bridgehead atoms. The largest absolute Gasteiger partial charge is 0.493 e. The normalized spacial score (nSPS) is 27.9. The second-order valence-electron chi connectivity index (χ2n) is 5.30. The number of aliphatic hydroxyl groups is 1. The molecule has 3 nitrogen and oxygen atoms in total. The molecule has 100 valence electrons. The third kappa shape index (κ3) is 2.46. The minimum Gasteiger partial charge on any atom is -0.493 e. The van der Waals surface area contributed by atoms with Gasteiger partial charge < -0.3 is 14.6 Å². The summed E-state index contributed by atoms with van der Waals surface area (Å²) in [6, 6.07) is 5.71. The molecule has 0 spiro atoms. The minimum absolute atomic E-state index is 0.567. The monoisotopic (exact) mass is 250 g/mol. The van der Waals surface area contributed by atoms with Crippen LogP contribution in [0.2, 0.25) is 0 Å². The van der Waals surface area contributed by atoms with E-state index in [0.717, 1.165) is 24.8 Å². The summed E-state index contributed by atoms with van der Waals surface area (Å²) in [6.07, 6.45) is 3.93. The summed E-state index contributed by atoms with van der Waals surface area (Å²) in [6.45, 7) is 2.20. The van der Waals surface area contributed by atoms with E-state index in [1.165, 1.54) is 6.42 Å². The lowest BCUT2D eigenvalue weighted by Gasteiger charge is -2.36. The molecule has 1 fully saturated rings. The second-order valence-corrected chi connectivity index (χ2v) is 5.30. The van der Waals surface area contributed by atoms with Crippen molar-refractivity contribution in [1.82, 2.24) is 0 Å². The fourth-order valence-corrected chi connectivity index (χ4v) is 2.91. The van der Waals surface area contributed by atoms with E-state index < -0.39 is 5.60 Å². The Morgan fingerprint density at radius 2 is 1.94 bits per heavy atom. The van der Waals surface area contributed by atoms with Crippen LogP contribution in [0.4, 0.5) is 0 Å². The maximum atomic E-state index is 10.8. The van der Waals surface area contributed by atoms with Gasteiger partial charge in [-0.15, -0.1) is 0 Å². The molecule has 1 aromatic carbocycles. The van der Waals surface area contributed by atoms with Crippen LogP contribution in [-0.4, -0.2) is 19.3 Å². The number of methoxy groups -OCH3 is 2. The van der Waals surface area contributed by atoms with Gasteiger partial charge in [-0.1, -0.05) is 19.4 Å². The van der Waals surface area contributed by atoms with Gasteiger partial charge >= 0.3 is 0 Å². The topological polar surface area (TPSA) is 38.7 Å². The Bertz CT molecular complexity index is 416. The van der Waals surface area contributed by atoms with Crippen molar-refractivity contribution in [2.24, 2.45) is 5.92 Å². The summed E-state index contributed by atoms with van der Waals surface area (Å²) in [5.74, 6) is 1.95. The SMILES string of the molecule is COc1ccc(C2(O)CCCC(C)C2)cc1OC. The number of benzene rings is 1. The van der Waals surface area contributed by atoms with Gasteiger partial charge in [0, 0.05) is 0 Å². The standard InChI is InChI=1S/C15H22O3/c1-11-5-4-8-15(16,10-11)12-6-7-13(17-2)14(9-12)18-3/h6-7,9,11,16H,4-5,8,10H2,1-3H3. The van der Waals surface area contributed by atoms with Gasteiger partial charge in [0.25, 0.3) is 0 Å². The molecule has 0 aromatic heterocycles. The minimum atomic E-state index is -0.711. The summed E-state index contributed by atoms with van der Waals surface area (Å²) >= 11 is 0. The van der Waals surface area contributed by atoms with Crippen LogP contribution in [0.3, 0.4) is 0 Å². The zero-order valence-electron chi connectivity index (χ0n) is 11.4. The highest BCUT2D eigenvalue weighted by molar-refractivity contribution is 5.44. The smallest absolute Gasteiger partial charge is 0.161 e. The molecule has 2 unspecified atom stereocenters. The lowest BCUT2D eigenvalue weighted by atomic mass is 9.75. The van der Waals surface area contributed by atoms with Crippen molar-refractivity contribution < 1.29 is 14.6 Å². The maximum Gasteiger partial charge on any atom is 0.161 e. The zero-order chi connectivity index (χ0) is 13.2. The molecule has 1 aromatic rings. The highest BCUT2D eigenvalue weighted by Crippen LogP contribution is 2.42. The van der Waals surface area contributed by atoms with Crippen LogP contribution in [0.25, 0.3) is 0 Å². The molecule has 0 aliphatic heterocycles. The molecular weight excluding hydrogens is 228 g/mol. The Morgan fingerprint density at radius 1 is 1.22 bits per heavy atom. The van der Waals surface area contributed by atoms with Gasteiger partial charge in [-0.3, -0.25) is 0 Å². The highest BCUT2D eigenvalue weighted by Gasteiger charge is 2.34. The average molecular weight is 250 g/mol. The number of ether oxygens (including phenoxy) is 2. The first-order valence-electron chi connectivity index (χ1n) is 6.54. The third-order valence-electron chi connectivity index (χ3n) is 3.89. The third-order valence-corrected chi connectivity index (χ3v) is 3.89. The van der Waals surface area contributed by atoms with Gasteiger partial charge in [-0.25, -0.2) is 0 Å². The number of hydrogen-bond acceptors (Lipinski definition) is 3. The van der Waals surface area contributed by atoms with E-state index in [-0.39, 0.29) is 0 Å². The molecule has 0 heterocycles. The van der Waals surface area contributed by atoms with Crippen LogP contribution in [0, 0.1) is 5.92 Å². The predicted octanol–water partition coefficient (Wildman–Crippen LogP) is 3.10. The van der Waals surface area contributed by atoms with E-state index in [0.29, 0.717) is 17.4 Å². The van der Waals surface area contributed by atoms with Crippen LogP contribution in [0.5, 0.6) is 11.5 Å². The van der Waals surface area contributed by atoms with Crippen molar-refractivity contribution in [1.29, 1.82) is 0 Å². The van der Waals surface area contributed by atoms with Crippen LogP contribution in [-0.2, 0) is 5.60 Å². The molecule has 0 saturated heterocycles. The summed E-state index contributed by atoms with van der Waals surface area (Å²) in [7, 11) is 3.24. The van der Waals surface area contributed by atoms with E-state index in [9.17, 15) is 5.11 Å². The van der Waals surface area contributed by atoms with Gasteiger partial charge in [0.2, 0.25) is 0 Å². The molecule has 1 N–H and O–H groups in total. The highest BCUT2D eigenvalue weighted by atomic mass is 16.5. The first-order valence-corrected chi connectivity index (χ1v) is 6.54. The van der Waals surface area contributed by atoms with Crippen molar-refractivity contribution in [3.63, 3.8) is 0 Å². The van der Waals surface area contributed by atoms with E-state index in [2.05, 4.69) is 6.92 Å². The Balaban J connectivity index is 2.32. The summed E-state index contributed by atoms with van der Waals surface area (Å²) in [4.78, 5) is 0. The first kappa shape index (κ1) is 13.2. The van der Waals surface area contributed by atoms with Crippen molar-refractivity contribution in [3.05, 3.63) is 23.8 Å². The Kier molecular flexibility index (Phi) is 3.81. The van der Waals surface area contributed by atoms with Crippen LogP contribution in [0.15, 0.2) is 18.2 Å². The predicted molar refractivity (Wildman–Crippen MR) is 71.1 cm³/mol. The van der Waals surface area contributed by atoms with Gasteiger partial charge in [-0.05, 0) is 42.9 Å². The molecule has 18 heavy (non-hydrogen) atoms. The van der Waals surface area contributed by atoms with Crippen LogP contribution in [0.1, 0.15) is 38.2 Å². The number of hydrogen-bond donors (Lipinski definition) is 1. The lowest BCUT2D eigenvalue weighted by Crippen LogP contribution is -2.31. The number of rotatable bonds is 3. The fraction of sp³-hybridized carbons (Fsp3) is 0.600. The second kappa shape index (κ2) is 5.19. The van der Waals surface area contributed by atoms with Gasteiger partial charge in [0.1, 0.15) is 0 Å². The van der Waals surface area contributed by atoms with Crippen LogP contribution < -0.4 is 9.47 Å². The molecule has 2 rings (SSSR count). The molecule has 3 heteroatoms. The van der Waals surface area contributed by atoms with E-state index >= 15 is 0 Å². The quantitative estimate of drug-likeness (QED) is 0.896. The van der Waals surface area contributed by atoms with E-state index in [1.807, 2.05) is 18.2 Å². The Hall–Kier alpha value is -1.22.